The second kappa shape index (κ2) is 3.93. The molecule has 1 aliphatic heterocycles. The topological polar surface area (TPSA) is 46.6 Å². The minimum atomic E-state index is -0.224. The lowest BCUT2D eigenvalue weighted by molar-refractivity contribution is -0.169. The molecule has 0 aromatic rings. The molecule has 4 nitrogen and oxygen atoms in total. The van der Waals surface area contributed by atoms with Crippen molar-refractivity contribution in [1.82, 2.24) is 4.90 Å². The number of amides is 1. The second-order valence-corrected chi connectivity index (χ2v) is 4.42. The molecule has 0 aromatic carbocycles. The molecule has 84 valence electrons. The van der Waals surface area contributed by atoms with Gasteiger partial charge in [-0.05, 0) is 19.8 Å². The van der Waals surface area contributed by atoms with Gasteiger partial charge in [-0.2, -0.15) is 0 Å². The number of carbonyl (C=O) groups is 2. The van der Waals surface area contributed by atoms with Gasteiger partial charge in [-0.1, -0.05) is 0 Å². The average Bonchev–Trinajstić information content (AvgIpc) is 2.26. The van der Waals surface area contributed by atoms with E-state index in [9.17, 15) is 9.59 Å². The lowest BCUT2D eigenvalue weighted by Gasteiger charge is -2.44. The van der Waals surface area contributed by atoms with Crippen LogP contribution >= 0.6 is 0 Å². The number of ether oxygens (including phenoxy) is 1. The van der Waals surface area contributed by atoms with Crippen LogP contribution in [-0.2, 0) is 14.3 Å². The van der Waals surface area contributed by atoms with Crippen molar-refractivity contribution in [2.75, 3.05) is 19.7 Å². The molecule has 0 aromatic heterocycles. The fraction of sp³-hybridized carbons (Fsp3) is 0.818. The average molecular weight is 211 g/mol. The van der Waals surface area contributed by atoms with Crippen LogP contribution in [0.2, 0.25) is 0 Å². The van der Waals surface area contributed by atoms with Crippen LogP contribution in [0.5, 0.6) is 0 Å². The highest BCUT2D eigenvalue weighted by Crippen LogP contribution is 2.33. The summed E-state index contributed by atoms with van der Waals surface area (Å²) in [7, 11) is 0. The van der Waals surface area contributed by atoms with Gasteiger partial charge < -0.3 is 9.64 Å². The molecule has 2 fully saturated rings. The monoisotopic (exact) mass is 211 g/mol. The lowest BCUT2D eigenvalue weighted by atomic mass is 9.82. The zero-order valence-corrected chi connectivity index (χ0v) is 9.12. The quantitative estimate of drug-likeness (QED) is 0.643. The van der Waals surface area contributed by atoms with E-state index in [1.54, 1.807) is 0 Å². The van der Waals surface area contributed by atoms with Crippen LogP contribution in [0.4, 0.5) is 0 Å². The Kier molecular flexibility index (Phi) is 2.78. The summed E-state index contributed by atoms with van der Waals surface area (Å²) in [5.41, 5.74) is -0.224. The highest BCUT2D eigenvalue weighted by molar-refractivity contribution is 5.80. The first-order chi connectivity index (χ1) is 7.15. The summed E-state index contributed by atoms with van der Waals surface area (Å²) in [6, 6.07) is 0. The Bertz CT molecular complexity index is 272. The molecule has 1 heterocycles. The first-order valence-corrected chi connectivity index (χ1v) is 5.59. The molecule has 0 atom stereocenters. The Morgan fingerprint density at radius 2 is 2.00 bits per heavy atom. The van der Waals surface area contributed by atoms with Gasteiger partial charge in [-0.3, -0.25) is 9.59 Å². The molecule has 1 spiro atoms. The molecule has 1 aliphatic carbocycles. The number of hydrogen-bond acceptors (Lipinski definition) is 3. The molecule has 0 radical (unpaired) electrons. The van der Waals surface area contributed by atoms with E-state index >= 15 is 0 Å². The van der Waals surface area contributed by atoms with Gasteiger partial charge in [0.15, 0.2) is 0 Å². The number of rotatable bonds is 1. The first-order valence-electron chi connectivity index (χ1n) is 5.59. The van der Waals surface area contributed by atoms with Gasteiger partial charge in [0.05, 0.1) is 5.60 Å². The van der Waals surface area contributed by atoms with Crippen molar-refractivity contribution in [1.29, 1.82) is 0 Å². The molecule has 1 saturated carbocycles. The van der Waals surface area contributed by atoms with Crippen LogP contribution in [0.1, 0.15) is 32.6 Å². The minimum Gasteiger partial charge on any atom is -0.363 e. The van der Waals surface area contributed by atoms with E-state index in [4.69, 9.17) is 4.74 Å². The standard InChI is InChI=1S/C11H17NO3/c1-2-12-8-11(15-7-10(12)14)5-3-9(13)4-6-11/h2-8H2,1H3. The normalized spacial score (nSPS) is 26.1. The van der Waals surface area contributed by atoms with Gasteiger partial charge in [0.25, 0.3) is 0 Å². The van der Waals surface area contributed by atoms with Crippen molar-refractivity contribution in [2.24, 2.45) is 0 Å². The second-order valence-electron chi connectivity index (χ2n) is 4.42. The fourth-order valence-electron chi connectivity index (χ4n) is 2.36. The molecule has 15 heavy (non-hydrogen) atoms. The summed E-state index contributed by atoms with van der Waals surface area (Å²) >= 11 is 0. The maximum atomic E-state index is 11.4. The third-order valence-corrected chi connectivity index (χ3v) is 3.43. The molecule has 0 N–H and O–H groups in total. The van der Waals surface area contributed by atoms with Crippen LogP contribution in [0.25, 0.3) is 0 Å². The number of ketones is 1. The van der Waals surface area contributed by atoms with Gasteiger partial charge in [0.2, 0.25) is 5.91 Å². The third kappa shape index (κ3) is 2.04. The third-order valence-electron chi connectivity index (χ3n) is 3.43. The maximum Gasteiger partial charge on any atom is 0.248 e. The molecular formula is C11H17NO3. The number of nitrogens with zero attached hydrogens (tertiary/aromatic N) is 1. The Hall–Kier alpha value is -0.900. The van der Waals surface area contributed by atoms with E-state index in [1.165, 1.54) is 0 Å². The van der Waals surface area contributed by atoms with Crippen molar-refractivity contribution in [3.05, 3.63) is 0 Å². The van der Waals surface area contributed by atoms with Gasteiger partial charge >= 0.3 is 0 Å². The van der Waals surface area contributed by atoms with Crippen molar-refractivity contribution in [3.8, 4) is 0 Å². The van der Waals surface area contributed by atoms with Gasteiger partial charge in [-0.15, -0.1) is 0 Å². The van der Waals surface area contributed by atoms with Crippen LogP contribution in [-0.4, -0.2) is 41.9 Å². The van der Waals surface area contributed by atoms with Crippen LogP contribution < -0.4 is 0 Å². The summed E-state index contributed by atoms with van der Waals surface area (Å²) in [6.07, 6.45) is 2.75. The van der Waals surface area contributed by atoms with Crippen LogP contribution in [0.15, 0.2) is 0 Å². The highest BCUT2D eigenvalue weighted by Gasteiger charge is 2.41. The summed E-state index contributed by atoms with van der Waals surface area (Å²) in [6.45, 7) is 3.56. The number of hydrogen-bond donors (Lipinski definition) is 0. The maximum absolute atomic E-state index is 11.4. The summed E-state index contributed by atoms with van der Waals surface area (Å²) in [4.78, 5) is 24.5. The van der Waals surface area contributed by atoms with Crippen LogP contribution in [0, 0.1) is 0 Å². The van der Waals surface area contributed by atoms with E-state index in [-0.39, 0.29) is 18.1 Å². The number of morpholine rings is 1. The zero-order chi connectivity index (χ0) is 10.9. The van der Waals surface area contributed by atoms with Gasteiger partial charge in [0.1, 0.15) is 12.4 Å². The van der Waals surface area contributed by atoms with E-state index in [0.717, 1.165) is 19.4 Å². The van der Waals surface area contributed by atoms with Crippen molar-refractivity contribution >= 4 is 11.7 Å². The van der Waals surface area contributed by atoms with Gasteiger partial charge in [-0.25, -0.2) is 0 Å². The highest BCUT2D eigenvalue weighted by atomic mass is 16.5. The van der Waals surface area contributed by atoms with Crippen molar-refractivity contribution in [3.63, 3.8) is 0 Å². The Balaban J connectivity index is 2.04. The minimum absolute atomic E-state index is 0.0695. The van der Waals surface area contributed by atoms with Crippen molar-refractivity contribution < 1.29 is 14.3 Å². The molecule has 1 amide bonds. The van der Waals surface area contributed by atoms with Crippen molar-refractivity contribution in [2.45, 2.75) is 38.2 Å². The van der Waals surface area contributed by atoms with Gasteiger partial charge in [0, 0.05) is 25.9 Å². The SMILES string of the molecule is CCN1CC2(CCC(=O)CC2)OCC1=O. The zero-order valence-electron chi connectivity index (χ0n) is 9.12. The molecule has 2 rings (SSSR count). The Morgan fingerprint density at radius 3 is 2.60 bits per heavy atom. The summed E-state index contributed by atoms with van der Waals surface area (Å²) in [5, 5.41) is 0. The predicted molar refractivity (Wildman–Crippen MR) is 54.4 cm³/mol. The lowest BCUT2D eigenvalue weighted by Crippen LogP contribution is -2.55. The Morgan fingerprint density at radius 1 is 1.33 bits per heavy atom. The van der Waals surface area contributed by atoms with E-state index in [0.29, 0.717) is 25.2 Å². The molecule has 1 saturated heterocycles. The molecule has 2 aliphatic rings. The summed E-state index contributed by atoms with van der Waals surface area (Å²) in [5.74, 6) is 0.393. The molecule has 0 unspecified atom stereocenters. The summed E-state index contributed by atoms with van der Waals surface area (Å²) < 4.78 is 5.66. The first kappa shape index (κ1) is 10.6. The molecule has 4 heteroatoms. The fourth-order valence-corrected chi connectivity index (χ4v) is 2.36. The number of Topliss-reactive ketones (excluding diaryl/α,β-unsaturated/α-hetero) is 1. The number of carbonyl (C=O) groups excluding carboxylic acids is 2. The van der Waals surface area contributed by atoms with Crippen LogP contribution in [0.3, 0.4) is 0 Å². The predicted octanol–water partition coefficient (Wildman–Crippen LogP) is 0.747. The Labute approximate surface area is 89.6 Å². The van der Waals surface area contributed by atoms with E-state index < -0.39 is 0 Å². The molecular weight excluding hydrogens is 194 g/mol. The molecule has 0 bridgehead atoms. The smallest absolute Gasteiger partial charge is 0.248 e. The van der Waals surface area contributed by atoms with E-state index in [2.05, 4.69) is 0 Å². The number of likely N-dealkylation sites (N-methyl/N-ethyl adjacent to an activating group) is 1. The van der Waals surface area contributed by atoms with E-state index in [1.807, 2.05) is 11.8 Å². The largest absolute Gasteiger partial charge is 0.363 e.